The number of carbonyl (C=O) groups is 1. The number of hydrogen-bond donors (Lipinski definition) is 6. The highest BCUT2D eigenvalue weighted by Crippen LogP contribution is 2.36. The Morgan fingerprint density at radius 3 is 2.67 bits per heavy atom. The zero-order valence-corrected chi connectivity index (χ0v) is 12.2. The molecule has 0 aliphatic carbocycles. The molecule has 6 N–H and O–H groups in total. The number of nitrogens with one attached hydrogen (secondary N) is 1. The summed E-state index contributed by atoms with van der Waals surface area (Å²) in [5, 5.41) is 31.9. The van der Waals surface area contributed by atoms with E-state index in [9.17, 15) is 24.7 Å². The predicted octanol–water partition coefficient (Wildman–Crippen LogP) is -2.18. The SMILES string of the molecule is [2H]OP(=O)(O)OC[C@H]1OC(O)[C@H](NC(=O)CCC)[C@@H](O)[C@@H]1O. The summed E-state index contributed by atoms with van der Waals surface area (Å²) in [4.78, 5) is 23.8. The highest BCUT2D eigenvalue weighted by atomic mass is 31.2. The van der Waals surface area contributed by atoms with Crippen molar-refractivity contribution in [2.24, 2.45) is 0 Å². The smallest absolute Gasteiger partial charge is 0.388 e. The van der Waals surface area contributed by atoms with Gasteiger partial charge in [0.2, 0.25) is 7.34 Å². The molecule has 1 saturated heterocycles. The number of hydrogen-bond acceptors (Lipinski definition) is 8. The quantitative estimate of drug-likeness (QED) is 0.284. The molecule has 6 atom stereocenters. The van der Waals surface area contributed by atoms with Crippen LogP contribution in [0, 0.1) is 0 Å². The fourth-order valence-electron chi connectivity index (χ4n) is 1.89. The summed E-state index contributed by atoms with van der Waals surface area (Å²) in [5.41, 5.74) is 0. The fourth-order valence-corrected chi connectivity index (χ4v) is 2.23. The van der Waals surface area contributed by atoms with E-state index < -0.39 is 51.0 Å². The summed E-state index contributed by atoms with van der Waals surface area (Å²) in [5.74, 6) is -0.432. The number of amides is 1. The first-order valence-electron chi connectivity index (χ1n) is 6.74. The molecular formula is C10H20NO9P. The molecule has 1 rings (SSSR count). The molecular weight excluding hydrogens is 309 g/mol. The number of rotatable bonds is 7. The van der Waals surface area contributed by atoms with Crippen molar-refractivity contribution in [2.45, 2.75) is 50.4 Å². The minimum Gasteiger partial charge on any atom is -0.388 e. The van der Waals surface area contributed by atoms with Gasteiger partial charge in [-0.05, 0) is 6.42 Å². The number of phosphoric ester groups is 1. The van der Waals surface area contributed by atoms with Crippen molar-refractivity contribution in [3.8, 4) is 0 Å². The Balaban J connectivity index is 2.64. The number of aliphatic hydroxyl groups excluding tert-OH is 3. The van der Waals surface area contributed by atoms with Gasteiger partial charge in [-0.1, -0.05) is 6.92 Å². The van der Waals surface area contributed by atoms with Crippen LogP contribution in [0.4, 0.5) is 0 Å². The summed E-state index contributed by atoms with van der Waals surface area (Å²) >= 11 is 0. The topological polar surface area (TPSA) is 166 Å². The maximum absolute atomic E-state index is 11.5. The summed E-state index contributed by atoms with van der Waals surface area (Å²) < 4.78 is 26.6. The Bertz CT molecular complexity index is 425. The lowest BCUT2D eigenvalue weighted by atomic mass is 9.97. The van der Waals surface area contributed by atoms with E-state index in [1.807, 2.05) is 0 Å². The Labute approximate surface area is 122 Å². The average molecular weight is 330 g/mol. The van der Waals surface area contributed by atoms with E-state index in [1.54, 1.807) is 6.92 Å². The van der Waals surface area contributed by atoms with Crippen LogP contribution in [0.3, 0.4) is 0 Å². The molecule has 0 radical (unpaired) electrons. The van der Waals surface area contributed by atoms with Crippen LogP contribution in [0.1, 0.15) is 19.8 Å². The zero-order chi connectivity index (χ0) is 16.9. The van der Waals surface area contributed by atoms with E-state index >= 15 is 0 Å². The zero-order valence-electron chi connectivity index (χ0n) is 12.3. The van der Waals surface area contributed by atoms with E-state index in [0.29, 0.717) is 6.42 Å². The van der Waals surface area contributed by atoms with Crippen LogP contribution in [0.5, 0.6) is 0 Å². The first kappa shape index (κ1) is 16.8. The van der Waals surface area contributed by atoms with Crippen molar-refractivity contribution in [3.05, 3.63) is 0 Å². The van der Waals surface area contributed by atoms with Gasteiger partial charge in [-0.25, -0.2) is 4.57 Å². The highest BCUT2D eigenvalue weighted by molar-refractivity contribution is 7.46. The summed E-state index contributed by atoms with van der Waals surface area (Å²) in [7, 11) is -4.61. The molecule has 0 aromatic carbocycles. The molecule has 1 aliphatic rings. The predicted molar refractivity (Wildman–Crippen MR) is 67.7 cm³/mol. The number of carbonyl (C=O) groups excluding carboxylic acids is 1. The van der Waals surface area contributed by atoms with Crippen LogP contribution in [-0.2, 0) is 18.6 Å². The normalized spacial score (nSPS) is 36.6. The minimum atomic E-state index is -4.61. The van der Waals surface area contributed by atoms with Gasteiger partial charge in [-0.2, -0.15) is 0 Å². The Kier molecular flexibility index (Phi) is 6.08. The second kappa shape index (κ2) is 7.61. The lowest BCUT2D eigenvalue weighted by Crippen LogP contribution is -2.64. The third-order valence-electron chi connectivity index (χ3n) is 2.93. The maximum atomic E-state index is 11.5. The van der Waals surface area contributed by atoms with Crippen LogP contribution in [0.15, 0.2) is 0 Å². The van der Waals surface area contributed by atoms with Crippen molar-refractivity contribution >= 4 is 13.7 Å². The van der Waals surface area contributed by atoms with Crippen LogP contribution < -0.4 is 5.32 Å². The first-order valence-corrected chi connectivity index (χ1v) is 7.82. The largest absolute Gasteiger partial charge is 0.469 e. The van der Waals surface area contributed by atoms with E-state index in [2.05, 4.69) is 14.7 Å². The third kappa shape index (κ3) is 5.61. The molecule has 124 valence electrons. The molecule has 0 aromatic heterocycles. The molecule has 21 heavy (non-hydrogen) atoms. The molecule has 1 amide bonds. The Hall–Kier alpha value is -0.580. The molecule has 11 heteroatoms. The van der Waals surface area contributed by atoms with Gasteiger partial charge in [0, 0.05) is 6.42 Å². The monoisotopic (exact) mass is 330 g/mol. The standard InChI is InChI=1S/C10H20NO9P/c1-2-3-6(12)11-7-9(14)8(13)5(20-10(7)15)4-19-21(16,17)18/h5,7-10,13-15H,2-4H2,1H3,(H,11,12)(H2,16,17,18)/t5-,7-,8-,9-,10?/m1/s1/i/hD. The summed E-state index contributed by atoms with van der Waals surface area (Å²) in [6, 6.07) is -1.25. The van der Waals surface area contributed by atoms with E-state index in [0.717, 1.165) is 0 Å². The van der Waals surface area contributed by atoms with Gasteiger partial charge in [-0.15, -0.1) is 0 Å². The van der Waals surface area contributed by atoms with E-state index in [-0.39, 0.29) is 6.42 Å². The van der Waals surface area contributed by atoms with Gasteiger partial charge in [0.25, 0.3) is 0 Å². The maximum Gasteiger partial charge on any atom is 0.469 e. The Morgan fingerprint density at radius 2 is 2.10 bits per heavy atom. The highest BCUT2D eigenvalue weighted by Gasteiger charge is 2.45. The molecule has 2 unspecified atom stereocenters. The fraction of sp³-hybridized carbons (Fsp3) is 0.900. The molecule has 10 nitrogen and oxygen atoms in total. The second-order valence-electron chi connectivity index (χ2n) is 4.65. The first-order chi connectivity index (χ1) is 10.2. The number of aliphatic hydroxyl groups is 3. The molecule has 1 aliphatic heterocycles. The van der Waals surface area contributed by atoms with Gasteiger partial charge in [0.15, 0.2) is 6.29 Å². The van der Waals surface area contributed by atoms with Gasteiger partial charge in [0.05, 0.1) is 6.61 Å². The summed E-state index contributed by atoms with van der Waals surface area (Å²) in [6.45, 7) is 1.06. The number of ether oxygens (including phenoxy) is 1. The van der Waals surface area contributed by atoms with E-state index in [4.69, 9.17) is 11.1 Å². The second-order valence-corrected chi connectivity index (χ2v) is 5.85. The van der Waals surface area contributed by atoms with Crippen molar-refractivity contribution in [1.29, 1.82) is 1.43 Å². The average Bonchev–Trinajstić information content (AvgIpc) is 2.46. The van der Waals surface area contributed by atoms with Gasteiger partial charge >= 0.3 is 7.82 Å². The van der Waals surface area contributed by atoms with Gasteiger partial charge < -0.3 is 35.2 Å². The lowest BCUT2D eigenvalue weighted by molar-refractivity contribution is -0.252. The Morgan fingerprint density at radius 1 is 1.43 bits per heavy atom. The van der Waals surface area contributed by atoms with Crippen molar-refractivity contribution in [3.63, 3.8) is 0 Å². The molecule has 1 fully saturated rings. The van der Waals surface area contributed by atoms with Crippen LogP contribution in [0.2, 0.25) is 0 Å². The molecule has 0 saturated carbocycles. The molecule has 0 spiro atoms. The van der Waals surface area contributed by atoms with Crippen molar-refractivity contribution in [1.82, 2.24) is 5.32 Å². The van der Waals surface area contributed by atoms with Gasteiger partial charge in [0.1, 0.15) is 24.4 Å². The van der Waals surface area contributed by atoms with Gasteiger partial charge in [-0.3, -0.25) is 9.32 Å². The van der Waals surface area contributed by atoms with E-state index in [1.165, 1.54) is 0 Å². The van der Waals surface area contributed by atoms with Crippen molar-refractivity contribution < 1.29 is 43.7 Å². The molecule has 0 bridgehead atoms. The van der Waals surface area contributed by atoms with Crippen molar-refractivity contribution in [2.75, 3.05) is 6.61 Å². The molecule has 1 heterocycles. The molecule has 0 aromatic rings. The van der Waals surface area contributed by atoms with Crippen LogP contribution >= 0.6 is 7.82 Å². The number of phosphoric acid groups is 1. The lowest BCUT2D eigenvalue weighted by Gasteiger charge is -2.40. The van der Waals surface area contributed by atoms with Crippen LogP contribution in [-0.4, -0.2) is 69.7 Å². The minimum absolute atomic E-state index is 0.174. The van der Waals surface area contributed by atoms with Crippen LogP contribution in [0.25, 0.3) is 0 Å². The summed E-state index contributed by atoms with van der Waals surface area (Å²) in [6.07, 6.45) is -5.44. The third-order valence-corrected chi connectivity index (χ3v) is 3.40.